The molecule has 2 aliphatic heterocycles. The number of carbonyl (C=O) groups excluding carboxylic acids is 2. The molecule has 1 aliphatic carbocycles. The molecule has 140 valence electrons. The molecule has 9 nitrogen and oxygen atoms in total. The highest BCUT2D eigenvalue weighted by Crippen LogP contribution is 2.30. The minimum absolute atomic E-state index is 0.352. The van der Waals surface area contributed by atoms with Crippen LogP contribution in [0, 0.1) is 0 Å². The lowest BCUT2D eigenvalue weighted by atomic mass is 10.3. The molecule has 2 amide bonds. The third-order valence-corrected chi connectivity index (χ3v) is 5.49. The molecule has 0 aromatic carbocycles. The summed E-state index contributed by atoms with van der Waals surface area (Å²) in [7, 11) is 0. The number of morpholine rings is 1. The summed E-state index contributed by atoms with van der Waals surface area (Å²) in [5.74, 6) is 1.35. The molecule has 0 atom stereocenters. The number of fused-ring (bicyclic) bond motifs is 1. The molecule has 0 spiro atoms. The Morgan fingerprint density at radius 2 is 2.11 bits per heavy atom. The highest BCUT2D eigenvalue weighted by atomic mass is 32.2. The van der Waals surface area contributed by atoms with Gasteiger partial charge in [-0.25, -0.2) is 4.98 Å². The van der Waals surface area contributed by atoms with E-state index in [0.717, 1.165) is 49.3 Å². The van der Waals surface area contributed by atoms with Gasteiger partial charge in [-0.15, -0.1) is 0 Å². The Labute approximate surface area is 159 Å². The first-order valence-corrected chi connectivity index (χ1v) is 9.72. The maximum atomic E-state index is 11.9. The largest absolute Gasteiger partial charge is 0.378 e. The van der Waals surface area contributed by atoms with Gasteiger partial charge in [-0.2, -0.15) is 9.61 Å². The van der Waals surface area contributed by atoms with Crippen molar-refractivity contribution >= 4 is 46.3 Å². The van der Waals surface area contributed by atoms with Crippen LogP contribution in [0.1, 0.15) is 18.4 Å². The Bertz CT molecular complexity index is 961. The van der Waals surface area contributed by atoms with Crippen molar-refractivity contribution in [3.63, 3.8) is 0 Å². The average Bonchev–Trinajstić information content (AvgIpc) is 3.31. The van der Waals surface area contributed by atoms with Crippen LogP contribution in [0.15, 0.2) is 17.2 Å². The molecular weight excluding hydrogens is 368 g/mol. The van der Waals surface area contributed by atoms with Crippen LogP contribution in [0.4, 0.5) is 16.4 Å². The zero-order chi connectivity index (χ0) is 18.4. The summed E-state index contributed by atoms with van der Waals surface area (Å²) in [6.45, 7) is 2.91. The standard InChI is InChI=1S/C17H18N6O3S/c24-16-12(27-17(25)21-16)7-10-9-18-23-14(19-11-1-2-11)8-13(20-15(10)23)22-3-5-26-6-4-22/h7-9,11,19H,1-6H2,(H,21,24,25)/b12-7-. The molecule has 0 unspecified atom stereocenters. The zero-order valence-electron chi connectivity index (χ0n) is 14.5. The Kier molecular flexibility index (Phi) is 4.01. The van der Waals surface area contributed by atoms with Crippen molar-refractivity contribution < 1.29 is 14.3 Å². The Morgan fingerprint density at radius 3 is 2.81 bits per heavy atom. The van der Waals surface area contributed by atoms with Gasteiger partial charge >= 0.3 is 0 Å². The third kappa shape index (κ3) is 3.26. The van der Waals surface area contributed by atoms with Crippen molar-refractivity contribution in [2.24, 2.45) is 0 Å². The van der Waals surface area contributed by atoms with Crippen molar-refractivity contribution in [1.29, 1.82) is 0 Å². The SMILES string of the molecule is O=C1NC(=O)/C(=C/c2cnn3c(NC4CC4)cc(N4CCOCC4)nc23)S1. The Hall–Kier alpha value is -2.59. The van der Waals surface area contributed by atoms with Crippen LogP contribution in [-0.2, 0) is 9.53 Å². The molecule has 0 bridgehead atoms. The fourth-order valence-electron chi connectivity index (χ4n) is 3.13. The van der Waals surface area contributed by atoms with Crippen LogP contribution in [0.3, 0.4) is 0 Å². The van der Waals surface area contributed by atoms with E-state index < -0.39 is 0 Å². The monoisotopic (exact) mass is 386 g/mol. The van der Waals surface area contributed by atoms with E-state index in [1.807, 2.05) is 6.07 Å². The number of hydrogen-bond donors (Lipinski definition) is 2. The number of rotatable bonds is 4. The predicted molar refractivity (Wildman–Crippen MR) is 102 cm³/mol. The second kappa shape index (κ2) is 6.54. The molecule has 2 aromatic rings. The maximum Gasteiger partial charge on any atom is 0.290 e. The van der Waals surface area contributed by atoms with E-state index >= 15 is 0 Å². The number of imide groups is 1. The molecule has 1 saturated carbocycles. The van der Waals surface area contributed by atoms with Crippen molar-refractivity contribution in [2.45, 2.75) is 18.9 Å². The van der Waals surface area contributed by atoms with Gasteiger partial charge in [-0.1, -0.05) is 0 Å². The number of nitrogens with zero attached hydrogens (tertiary/aromatic N) is 4. The number of nitrogens with one attached hydrogen (secondary N) is 2. The lowest BCUT2D eigenvalue weighted by Crippen LogP contribution is -2.37. The normalized spacial score (nSPS) is 21.9. The zero-order valence-corrected chi connectivity index (χ0v) is 15.3. The molecule has 27 heavy (non-hydrogen) atoms. The quantitative estimate of drug-likeness (QED) is 0.762. The Balaban J connectivity index is 1.58. The van der Waals surface area contributed by atoms with Crippen LogP contribution in [0.25, 0.3) is 11.7 Å². The van der Waals surface area contributed by atoms with Crippen molar-refractivity contribution in [1.82, 2.24) is 19.9 Å². The smallest absolute Gasteiger partial charge is 0.290 e. The second-order valence-corrected chi connectivity index (χ2v) is 7.72. The molecule has 5 rings (SSSR count). The lowest BCUT2D eigenvalue weighted by molar-refractivity contribution is -0.115. The topological polar surface area (TPSA) is 101 Å². The van der Waals surface area contributed by atoms with E-state index in [-0.39, 0.29) is 11.1 Å². The molecule has 2 saturated heterocycles. The van der Waals surface area contributed by atoms with Gasteiger partial charge in [0, 0.05) is 30.8 Å². The molecule has 3 aliphatic rings. The van der Waals surface area contributed by atoms with Crippen molar-refractivity contribution in [2.75, 3.05) is 36.5 Å². The van der Waals surface area contributed by atoms with Crippen LogP contribution >= 0.6 is 11.8 Å². The summed E-state index contributed by atoms with van der Waals surface area (Å²) in [4.78, 5) is 30.6. The van der Waals surface area contributed by atoms with E-state index in [1.165, 1.54) is 0 Å². The van der Waals surface area contributed by atoms with E-state index in [4.69, 9.17) is 9.72 Å². The van der Waals surface area contributed by atoms with Gasteiger partial charge in [0.05, 0.1) is 24.3 Å². The van der Waals surface area contributed by atoms with Gasteiger partial charge in [0.25, 0.3) is 11.1 Å². The number of hydrogen-bond acceptors (Lipinski definition) is 8. The molecule has 4 heterocycles. The van der Waals surface area contributed by atoms with E-state index in [9.17, 15) is 9.59 Å². The van der Waals surface area contributed by atoms with Crippen LogP contribution in [0.5, 0.6) is 0 Å². The average molecular weight is 386 g/mol. The third-order valence-electron chi connectivity index (χ3n) is 4.68. The highest BCUT2D eigenvalue weighted by molar-refractivity contribution is 8.18. The van der Waals surface area contributed by atoms with E-state index in [2.05, 4.69) is 20.6 Å². The van der Waals surface area contributed by atoms with Crippen LogP contribution in [-0.4, -0.2) is 58.1 Å². The molecule has 0 radical (unpaired) electrons. The highest BCUT2D eigenvalue weighted by Gasteiger charge is 2.27. The van der Waals surface area contributed by atoms with Gasteiger partial charge in [0.15, 0.2) is 5.65 Å². The summed E-state index contributed by atoms with van der Waals surface area (Å²) in [6.07, 6.45) is 5.64. The molecule has 3 fully saturated rings. The minimum Gasteiger partial charge on any atom is -0.378 e. The summed E-state index contributed by atoms with van der Waals surface area (Å²) in [6, 6.07) is 2.48. The first-order valence-electron chi connectivity index (χ1n) is 8.90. The van der Waals surface area contributed by atoms with Gasteiger partial charge in [0.2, 0.25) is 0 Å². The number of thioether (sulfide) groups is 1. The number of anilines is 2. The molecular formula is C17H18N6O3S. The Morgan fingerprint density at radius 1 is 1.30 bits per heavy atom. The number of carbonyl (C=O) groups is 2. The fraction of sp³-hybridized carbons (Fsp3) is 0.412. The fourth-order valence-corrected chi connectivity index (χ4v) is 3.80. The maximum absolute atomic E-state index is 11.9. The minimum atomic E-state index is -0.384. The first kappa shape index (κ1) is 16.6. The number of amides is 2. The van der Waals surface area contributed by atoms with Gasteiger partial charge in [-0.05, 0) is 30.7 Å². The van der Waals surface area contributed by atoms with Crippen LogP contribution < -0.4 is 15.5 Å². The number of aromatic nitrogens is 3. The van der Waals surface area contributed by atoms with Gasteiger partial charge in [0.1, 0.15) is 11.6 Å². The van der Waals surface area contributed by atoms with Gasteiger partial charge < -0.3 is 15.0 Å². The van der Waals surface area contributed by atoms with Crippen molar-refractivity contribution in [3.05, 3.63) is 22.7 Å². The second-order valence-electron chi connectivity index (χ2n) is 6.71. The first-order chi connectivity index (χ1) is 13.2. The summed E-state index contributed by atoms with van der Waals surface area (Å²) in [5, 5.41) is 9.86. The summed E-state index contributed by atoms with van der Waals surface area (Å²) < 4.78 is 7.20. The van der Waals surface area contributed by atoms with E-state index in [0.29, 0.717) is 35.4 Å². The van der Waals surface area contributed by atoms with E-state index in [1.54, 1.807) is 16.8 Å². The van der Waals surface area contributed by atoms with Crippen molar-refractivity contribution in [3.8, 4) is 0 Å². The summed E-state index contributed by atoms with van der Waals surface area (Å²) >= 11 is 0.892. The predicted octanol–water partition coefficient (Wildman–Crippen LogP) is 1.46. The van der Waals surface area contributed by atoms with Gasteiger partial charge in [-0.3, -0.25) is 14.9 Å². The summed E-state index contributed by atoms with van der Waals surface area (Å²) in [5.41, 5.74) is 1.36. The molecule has 2 N–H and O–H groups in total. The number of ether oxygens (including phenoxy) is 1. The van der Waals surface area contributed by atoms with Crippen LogP contribution in [0.2, 0.25) is 0 Å². The molecule has 10 heteroatoms. The lowest BCUT2D eigenvalue weighted by Gasteiger charge is -2.28. The molecule has 2 aromatic heterocycles.